The summed E-state index contributed by atoms with van der Waals surface area (Å²) in [5, 5.41) is 8.34. The van der Waals surface area contributed by atoms with Crippen LogP contribution in [0.1, 0.15) is 11.1 Å². The van der Waals surface area contributed by atoms with Crippen molar-refractivity contribution >= 4 is 22.1 Å². The normalized spacial score (nSPS) is 14.8. The van der Waals surface area contributed by atoms with Crippen LogP contribution in [0, 0.1) is 5.82 Å². The van der Waals surface area contributed by atoms with E-state index in [1.54, 1.807) is 12.4 Å². The Morgan fingerprint density at radius 1 is 0.878 bits per heavy atom. The van der Waals surface area contributed by atoms with E-state index in [-0.39, 0.29) is 12.4 Å². The maximum atomic E-state index is 14.3. The number of nitrogens with one attached hydrogen (secondary N) is 2. The summed E-state index contributed by atoms with van der Waals surface area (Å²) >= 11 is 0. The van der Waals surface area contributed by atoms with E-state index in [9.17, 15) is 4.39 Å². The smallest absolute Gasteiger partial charge is 0.181 e. The quantitative estimate of drug-likeness (QED) is 0.285. The molecular formula is C30H29FN10. The molecule has 41 heavy (non-hydrogen) atoms. The number of halogens is 1. The predicted molar refractivity (Wildman–Crippen MR) is 156 cm³/mol. The van der Waals surface area contributed by atoms with Crippen molar-refractivity contribution in [2.75, 3.05) is 33.2 Å². The topological polar surface area (TPSA) is 129 Å². The van der Waals surface area contributed by atoms with Gasteiger partial charge in [0, 0.05) is 80.7 Å². The van der Waals surface area contributed by atoms with Crippen molar-refractivity contribution in [2.24, 2.45) is 5.73 Å². The summed E-state index contributed by atoms with van der Waals surface area (Å²) in [7, 11) is 2.16. The third-order valence-electron chi connectivity index (χ3n) is 7.68. The number of nitrogens with two attached hydrogens (primary N) is 1. The number of aromatic amines is 2. The molecule has 0 bridgehead atoms. The Morgan fingerprint density at radius 2 is 1.68 bits per heavy atom. The largest absolute Gasteiger partial charge is 0.335 e. The zero-order valence-corrected chi connectivity index (χ0v) is 22.6. The first-order chi connectivity index (χ1) is 20.0. The molecule has 1 fully saturated rings. The number of likely N-dealkylation sites (N-methyl/N-ethyl adjacent to an activating group) is 1. The predicted octanol–water partition coefficient (Wildman–Crippen LogP) is 3.97. The Morgan fingerprint density at radius 3 is 2.54 bits per heavy atom. The highest BCUT2D eigenvalue weighted by Gasteiger charge is 2.18. The summed E-state index contributed by atoms with van der Waals surface area (Å²) < 4.78 is 14.3. The SMILES string of the molecule is CN1CCN(Cc2cncc(-c3cnc4n[nH]c(-c5nc6c(-c7cc(F)cc(CN)c7)cncc6[nH]5)c4c3)c2)CC1. The zero-order valence-electron chi connectivity index (χ0n) is 22.6. The minimum Gasteiger partial charge on any atom is -0.335 e. The molecule has 206 valence electrons. The summed E-state index contributed by atoms with van der Waals surface area (Å²) in [4.78, 5) is 26.5. The molecule has 0 amide bonds. The molecule has 0 aliphatic carbocycles. The Bertz CT molecular complexity index is 1870. The van der Waals surface area contributed by atoms with Crippen LogP contribution in [-0.2, 0) is 13.1 Å². The summed E-state index contributed by atoms with van der Waals surface area (Å²) in [6.45, 7) is 5.36. The van der Waals surface area contributed by atoms with E-state index >= 15 is 0 Å². The van der Waals surface area contributed by atoms with Gasteiger partial charge in [0.15, 0.2) is 11.5 Å². The number of fused-ring (bicyclic) bond motifs is 2. The fraction of sp³-hybridized carbons (Fsp3) is 0.233. The second-order valence-corrected chi connectivity index (χ2v) is 10.6. The van der Waals surface area contributed by atoms with Crippen molar-refractivity contribution in [3.8, 4) is 33.8 Å². The van der Waals surface area contributed by atoms with Gasteiger partial charge in [-0.2, -0.15) is 5.10 Å². The summed E-state index contributed by atoms with van der Waals surface area (Å²) in [6.07, 6.45) is 9.02. The summed E-state index contributed by atoms with van der Waals surface area (Å²) in [5.74, 6) is 0.240. The van der Waals surface area contributed by atoms with Crippen LogP contribution in [0.15, 0.2) is 61.3 Å². The highest BCUT2D eigenvalue weighted by molar-refractivity contribution is 5.96. The van der Waals surface area contributed by atoms with E-state index in [0.29, 0.717) is 39.4 Å². The first kappa shape index (κ1) is 25.4. The molecule has 0 radical (unpaired) electrons. The standard InChI is InChI=1S/C30H29FN10/c1-40-2-4-41(5-3-40)17-19-7-21(13-33-12-19)22-10-24-28(38-39-29(24)35-14-22)30-36-26-16-34-15-25(27(26)37-30)20-6-18(11-32)8-23(31)9-20/h6-10,12-16H,2-5,11,17,32H2,1H3,(H,36,37)(H,35,38,39). The molecule has 4 N–H and O–H groups in total. The molecule has 11 heteroatoms. The van der Waals surface area contributed by atoms with E-state index in [0.717, 1.165) is 54.8 Å². The summed E-state index contributed by atoms with van der Waals surface area (Å²) in [6, 6.07) is 9.01. The number of benzene rings is 1. The molecule has 1 saturated heterocycles. The molecule has 0 atom stereocenters. The Labute approximate surface area is 235 Å². The minimum atomic E-state index is -0.351. The van der Waals surface area contributed by atoms with Gasteiger partial charge in [-0.25, -0.2) is 14.4 Å². The summed E-state index contributed by atoms with van der Waals surface area (Å²) in [5.41, 5.74) is 13.7. The van der Waals surface area contributed by atoms with Crippen molar-refractivity contribution < 1.29 is 4.39 Å². The molecule has 0 spiro atoms. The van der Waals surface area contributed by atoms with E-state index in [1.165, 1.54) is 17.7 Å². The lowest BCUT2D eigenvalue weighted by atomic mass is 10.0. The van der Waals surface area contributed by atoms with E-state index in [4.69, 9.17) is 10.7 Å². The first-order valence-corrected chi connectivity index (χ1v) is 13.6. The van der Waals surface area contributed by atoms with Crippen LogP contribution in [0.5, 0.6) is 0 Å². The van der Waals surface area contributed by atoms with Gasteiger partial charge in [0.25, 0.3) is 0 Å². The third kappa shape index (κ3) is 4.95. The van der Waals surface area contributed by atoms with Gasteiger partial charge < -0.3 is 15.6 Å². The Kier molecular flexibility index (Phi) is 6.46. The zero-order chi connectivity index (χ0) is 27.9. The van der Waals surface area contributed by atoms with Gasteiger partial charge >= 0.3 is 0 Å². The van der Waals surface area contributed by atoms with Gasteiger partial charge in [-0.05, 0) is 54.1 Å². The molecule has 5 aromatic heterocycles. The average molecular weight is 549 g/mol. The lowest BCUT2D eigenvalue weighted by molar-refractivity contribution is 0.148. The van der Waals surface area contributed by atoms with Gasteiger partial charge in [0.05, 0.1) is 22.6 Å². The van der Waals surface area contributed by atoms with Crippen molar-refractivity contribution in [2.45, 2.75) is 13.1 Å². The molecule has 1 aromatic carbocycles. The van der Waals surface area contributed by atoms with Crippen LogP contribution < -0.4 is 5.73 Å². The van der Waals surface area contributed by atoms with Crippen molar-refractivity contribution in [1.29, 1.82) is 0 Å². The van der Waals surface area contributed by atoms with Crippen LogP contribution in [-0.4, -0.2) is 78.1 Å². The second kappa shape index (κ2) is 10.4. The first-order valence-electron chi connectivity index (χ1n) is 13.6. The average Bonchev–Trinajstić information content (AvgIpc) is 3.62. The monoisotopic (exact) mass is 548 g/mol. The van der Waals surface area contributed by atoms with Gasteiger partial charge in [-0.1, -0.05) is 0 Å². The molecule has 6 aromatic rings. The van der Waals surface area contributed by atoms with Crippen LogP contribution in [0.4, 0.5) is 4.39 Å². The molecular weight excluding hydrogens is 519 g/mol. The van der Waals surface area contributed by atoms with Crippen LogP contribution in [0.3, 0.4) is 0 Å². The van der Waals surface area contributed by atoms with Crippen LogP contribution >= 0.6 is 0 Å². The minimum absolute atomic E-state index is 0.240. The maximum absolute atomic E-state index is 14.3. The number of aromatic nitrogens is 7. The Balaban J connectivity index is 1.24. The number of nitrogens with zero attached hydrogens (tertiary/aromatic N) is 7. The molecule has 0 unspecified atom stereocenters. The van der Waals surface area contributed by atoms with Crippen LogP contribution in [0.25, 0.3) is 55.8 Å². The van der Waals surface area contributed by atoms with Gasteiger partial charge in [0.2, 0.25) is 0 Å². The van der Waals surface area contributed by atoms with E-state index in [2.05, 4.69) is 59.1 Å². The number of piperazine rings is 1. The fourth-order valence-electron chi connectivity index (χ4n) is 5.42. The number of hydrogen-bond donors (Lipinski definition) is 3. The molecule has 0 saturated carbocycles. The molecule has 1 aliphatic heterocycles. The van der Waals surface area contributed by atoms with Gasteiger partial charge in [-0.3, -0.25) is 20.0 Å². The number of pyridine rings is 3. The fourth-order valence-corrected chi connectivity index (χ4v) is 5.42. The number of imidazole rings is 1. The van der Waals surface area contributed by atoms with Crippen molar-refractivity contribution in [1.82, 2.24) is 44.9 Å². The highest BCUT2D eigenvalue weighted by atomic mass is 19.1. The lowest BCUT2D eigenvalue weighted by Gasteiger charge is -2.32. The van der Waals surface area contributed by atoms with E-state index in [1.807, 2.05) is 24.7 Å². The maximum Gasteiger partial charge on any atom is 0.181 e. The Hall–Kier alpha value is -4.58. The van der Waals surface area contributed by atoms with Crippen LogP contribution in [0.2, 0.25) is 0 Å². The van der Waals surface area contributed by atoms with E-state index < -0.39 is 0 Å². The molecule has 1 aliphatic rings. The van der Waals surface area contributed by atoms with Crippen molar-refractivity contribution in [3.05, 3.63) is 78.3 Å². The van der Waals surface area contributed by atoms with Gasteiger partial charge in [-0.15, -0.1) is 0 Å². The molecule has 10 nitrogen and oxygen atoms in total. The lowest BCUT2D eigenvalue weighted by Crippen LogP contribution is -2.43. The third-order valence-corrected chi connectivity index (χ3v) is 7.68. The van der Waals surface area contributed by atoms with Gasteiger partial charge in [0.1, 0.15) is 11.5 Å². The molecule has 7 rings (SSSR count). The van der Waals surface area contributed by atoms with Crippen molar-refractivity contribution in [3.63, 3.8) is 0 Å². The molecule has 6 heterocycles. The second-order valence-electron chi connectivity index (χ2n) is 10.6. The highest BCUT2D eigenvalue weighted by Crippen LogP contribution is 2.32. The number of rotatable bonds is 6. The number of H-pyrrole nitrogens is 2. The number of hydrogen-bond acceptors (Lipinski definition) is 8.